The molecule has 3 aromatic rings. The van der Waals surface area contributed by atoms with Gasteiger partial charge in [0.2, 0.25) is 11.3 Å². The summed E-state index contributed by atoms with van der Waals surface area (Å²) in [5.74, 6) is -1.35. The maximum Gasteiger partial charge on any atom is 0.418 e. The number of carbonyl (C=O) groups excluding carboxylic acids is 2. The van der Waals surface area contributed by atoms with Crippen molar-refractivity contribution >= 4 is 23.2 Å². The Morgan fingerprint density at radius 2 is 1.68 bits per heavy atom. The van der Waals surface area contributed by atoms with Crippen LogP contribution < -0.4 is 15.6 Å². The van der Waals surface area contributed by atoms with E-state index in [4.69, 9.17) is 0 Å². The van der Waals surface area contributed by atoms with Gasteiger partial charge < -0.3 is 5.32 Å². The van der Waals surface area contributed by atoms with Crippen LogP contribution in [-0.2, 0) is 11.0 Å². The van der Waals surface area contributed by atoms with Crippen molar-refractivity contribution in [3.8, 4) is 5.69 Å². The Morgan fingerprint density at radius 3 is 2.39 bits per heavy atom. The van der Waals surface area contributed by atoms with E-state index in [0.29, 0.717) is 11.4 Å². The van der Waals surface area contributed by atoms with Crippen LogP contribution in [0.3, 0.4) is 0 Å². The topological polar surface area (TPSA) is 84.3 Å². The summed E-state index contributed by atoms with van der Waals surface area (Å²) in [6.45, 7) is 1.06. The van der Waals surface area contributed by atoms with E-state index < -0.39 is 34.7 Å². The molecular formula is C21H15F3N4O3. The predicted molar refractivity (Wildman–Crippen MR) is 106 cm³/mol. The maximum atomic E-state index is 13.5. The number of nitrogens with zero attached hydrogens (tertiary/aromatic N) is 3. The van der Waals surface area contributed by atoms with Gasteiger partial charge in [-0.25, -0.2) is 4.68 Å². The Morgan fingerprint density at radius 1 is 1.03 bits per heavy atom. The largest absolute Gasteiger partial charge is 0.418 e. The van der Waals surface area contributed by atoms with Crippen molar-refractivity contribution in [3.05, 3.63) is 81.8 Å². The number of benzene rings is 2. The van der Waals surface area contributed by atoms with Gasteiger partial charge in [-0.2, -0.15) is 18.3 Å². The van der Waals surface area contributed by atoms with E-state index in [1.165, 1.54) is 25.1 Å². The molecular weight excluding hydrogens is 413 g/mol. The molecule has 0 saturated heterocycles. The molecule has 0 aliphatic carbocycles. The molecule has 1 aliphatic heterocycles. The summed E-state index contributed by atoms with van der Waals surface area (Å²) in [4.78, 5) is 38.8. The first kappa shape index (κ1) is 20.3. The van der Waals surface area contributed by atoms with E-state index in [2.05, 4.69) is 10.4 Å². The van der Waals surface area contributed by atoms with E-state index in [1.807, 2.05) is 0 Å². The monoisotopic (exact) mass is 428 g/mol. The zero-order valence-corrected chi connectivity index (χ0v) is 16.1. The van der Waals surface area contributed by atoms with Crippen LogP contribution in [0.25, 0.3) is 5.69 Å². The molecule has 4 rings (SSSR count). The van der Waals surface area contributed by atoms with Gasteiger partial charge in [-0.05, 0) is 31.2 Å². The molecule has 0 unspecified atom stereocenters. The number of hydrogen-bond donors (Lipinski definition) is 1. The highest BCUT2D eigenvalue weighted by atomic mass is 19.4. The molecule has 10 heteroatoms. The summed E-state index contributed by atoms with van der Waals surface area (Å²) in [6.07, 6.45) is -4.66. The van der Waals surface area contributed by atoms with Crippen molar-refractivity contribution in [2.24, 2.45) is 0 Å². The van der Waals surface area contributed by atoms with Gasteiger partial charge >= 0.3 is 6.18 Å². The predicted octanol–water partition coefficient (Wildman–Crippen LogP) is 3.16. The lowest BCUT2D eigenvalue weighted by Gasteiger charge is -2.28. The van der Waals surface area contributed by atoms with Crippen molar-refractivity contribution in [3.63, 3.8) is 0 Å². The highest BCUT2D eigenvalue weighted by molar-refractivity contribution is 6.14. The molecule has 31 heavy (non-hydrogen) atoms. The summed E-state index contributed by atoms with van der Waals surface area (Å²) in [5.41, 5.74) is -1.78. The number of rotatable bonds is 2. The highest BCUT2D eigenvalue weighted by Gasteiger charge is 2.35. The Balaban J connectivity index is 1.85. The third-order valence-electron chi connectivity index (χ3n) is 4.76. The Hall–Kier alpha value is -3.95. The number of aromatic nitrogens is 2. The number of halogens is 3. The highest BCUT2D eigenvalue weighted by Crippen LogP contribution is 2.34. The van der Waals surface area contributed by atoms with Gasteiger partial charge in [-0.15, -0.1) is 0 Å². The van der Waals surface area contributed by atoms with Crippen LogP contribution in [0.1, 0.15) is 21.7 Å². The first-order valence-corrected chi connectivity index (χ1v) is 9.15. The first-order valence-electron chi connectivity index (χ1n) is 9.15. The van der Waals surface area contributed by atoms with Crippen molar-refractivity contribution in [1.29, 1.82) is 0 Å². The van der Waals surface area contributed by atoms with Gasteiger partial charge in [-0.1, -0.05) is 24.3 Å². The number of anilines is 2. The van der Waals surface area contributed by atoms with Gasteiger partial charge in [0.1, 0.15) is 6.54 Å². The number of para-hydroxylation sites is 3. The van der Waals surface area contributed by atoms with Crippen LogP contribution in [0.15, 0.2) is 59.4 Å². The molecule has 158 valence electrons. The lowest BCUT2D eigenvalue weighted by atomic mass is 10.1. The molecule has 1 aliphatic rings. The smallest absolute Gasteiger partial charge is 0.323 e. The van der Waals surface area contributed by atoms with Crippen LogP contribution in [0.4, 0.5) is 24.5 Å². The fourth-order valence-corrected chi connectivity index (χ4v) is 3.38. The van der Waals surface area contributed by atoms with E-state index in [0.717, 1.165) is 21.7 Å². The molecule has 2 amide bonds. The standard InChI is InChI=1S/C21H15F3N4O3/c1-12-10-17(29)19(26-28(12)15-8-4-2-6-13(15)21(22,23)24)20(31)27-11-18(30)25-14-7-3-5-9-16(14)27/h2-10H,11H2,1H3,(H,25,30). The fraction of sp³-hybridized carbons (Fsp3) is 0.143. The van der Waals surface area contributed by atoms with Crippen LogP contribution in [0.5, 0.6) is 0 Å². The van der Waals surface area contributed by atoms with Crippen molar-refractivity contribution in [1.82, 2.24) is 9.78 Å². The SMILES string of the molecule is Cc1cc(=O)c(C(=O)N2CC(=O)Nc3ccccc32)nn1-c1ccccc1C(F)(F)F. The van der Waals surface area contributed by atoms with Gasteiger partial charge in [0, 0.05) is 11.8 Å². The summed E-state index contributed by atoms with van der Waals surface area (Å²) in [6, 6.07) is 12.3. The quantitative estimate of drug-likeness (QED) is 0.680. The second-order valence-corrected chi connectivity index (χ2v) is 6.88. The van der Waals surface area contributed by atoms with Crippen molar-refractivity contribution < 1.29 is 22.8 Å². The zero-order chi connectivity index (χ0) is 22.3. The van der Waals surface area contributed by atoms with Gasteiger partial charge in [-0.3, -0.25) is 19.3 Å². The number of hydrogen-bond acceptors (Lipinski definition) is 4. The number of amides is 2. The molecule has 0 fully saturated rings. The molecule has 1 aromatic heterocycles. The van der Waals surface area contributed by atoms with Crippen LogP contribution in [0.2, 0.25) is 0 Å². The zero-order valence-electron chi connectivity index (χ0n) is 16.1. The number of carbonyl (C=O) groups is 2. The molecule has 2 heterocycles. The molecule has 0 radical (unpaired) electrons. The van der Waals surface area contributed by atoms with E-state index in [1.54, 1.807) is 24.3 Å². The van der Waals surface area contributed by atoms with E-state index in [-0.39, 0.29) is 17.9 Å². The third-order valence-corrected chi connectivity index (χ3v) is 4.76. The summed E-state index contributed by atoms with van der Waals surface area (Å²) in [5, 5.41) is 6.59. The van der Waals surface area contributed by atoms with Crippen LogP contribution >= 0.6 is 0 Å². The van der Waals surface area contributed by atoms with E-state index >= 15 is 0 Å². The molecule has 0 saturated carbocycles. The Kier molecular flexibility index (Phi) is 4.84. The van der Waals surface area contributed by atoms with Gasteiger partial charge in [0.15, 0.2) is 5.69 Å². The van der Waals surface area contributed by atoms with Crippen molar-refractivity contribution in [2.75, 3.05) is 16.8 Å². The molecule has 1 N–H and O–H groups in total. The lowest BCUT2D eigenvalue weighted by Crippen LogP contribution is -2.44. The van der Waals surface area contributed by atoms with Crippen LogP contribution in [-0.4, -0.2) is 28.1 Å². The van der Waals surface area contributed by atoms with E-state index in [9.17, 15) is 27.6 Å². The molecule has 0 spiro atoms. The first-order chi connectivity index (χ1) is 14.7. The average molecular weight is 428 g/mol. The number of fused-ring (bicyclic) bond motifs is 1. The number of nitrogens with one attached hydrogen (secondary N) is 1. The summed E-state index contributed by atoms with van der Waals surface area (Å²) >= 11 is 0. The Bertz CT molecular complexity index is 1270. The average Bonchev–Trinajstić information content (AvgIpc) is 2.72. The summed E-state index contributed by atoms with van der Waals surface area (Å²) in [7, 11) is 0. The number of aryl methyl sites for hydroxylation is 1. The third kappa shape index (κ3) is 3.67. The van der Waals surface area contributed by atoms with Gasteiger partial charge in [0.05, 0.1) is 22.6 Å². The normalized spacial score (nSPS) is 13.5. The molecule has 0 atom stereocenters. The molecule has 0 bridgehead atoms. The minimum Gasteiger partial charge on any atom is -0.323 e. The number of alkyl halides is 3. The molecule has 2 aromatic carbocycles. The maximum absolute atomic E-state index is 13.5. The van der Waals surface area contributed by atoms with Crippen LogP contribution in [0, 0.1) is 6.92 Å². The van der Waals surface area contributed by atoms with Gasteiger partial charge in [0.25, 0.3) is 5.91 Å². The minimum atomic E-state index is -4.66. The Labute approximate surface area is 173 Å². The lowest BCUT2D eigenvalue weighted by molar-refractivity contribution is -0.137. The second-order valence-electron chi connectivity index (χ2n) is 6.88. The second kappa shape index (κ2) is 7.38. The minimum absolute atomic E-state index is 0.120. The summed E-state index contributed by atoms with van der Waals surface area (Å²) < 4.78 is 41.4. The van der Waals surface area contributed by atoms with Crippen molar-refractivity contribution in [2.45, 2.75) is 13.1 Å². The molecule has 7 nitrogen and oxygen atoms in total. The fourth-order valence-electron chi connectivity index (χ4n) is 3.38.